The Kier molecular flexibility index (Phi) is 3.10. The van der Waals surface area contributed by atoms with Gasteiger partial charge in [-0.3, -0.25) is 9.69 Å². The number of nitrogens with zero attached hydrogens (tertiary/aromatic N) is 1. The Morgan fingerprint density at radius 2 is 1.88 bits per heavy atom. The standard InChI is InChI=1S/C14H19NO/c1-10-4-6-12(7-5-10)14(16)11(2)15(3)13-8-9-13/h4-7,11,13H,8-9H2,1-3H3. The van der Waals surface area contributed by atoms with Crippen LogP contribution in [0.3, 0.4) is 0 Å². The van der Waals surface area contributed by atoms with Crippen LogP contribution in [0.2, 0.25) is 0 Å². The normalized spacial score (nSPS) is 17.5. The van der Waals surface area contributed by atoms with E-state index in [2.05, 4.69) is 11.9 Å². The molecule has 1 aliphatic rings. The molecule has 0 N–H and O–H groups in total. The van der Waals surface area contributed by atoms with Crippen LogP contribution >= 0.6 is 0 Å². The summed E-state index contributed by atoms with van der Waals surface area (Å²) in [4.78, 5) is 14.4. The van der Waals surface area contributed by atoms with E-state index in [1.165, 1.54) is 18.4 Å². The number of ketones is 1. The molecule has 0 saturated heterocycles. The van der Waals surface area contributed by atoms with E-state index in [4.69, 9.17) is 0 Å². The summed E-state index contributed by atoms with van der Waals surface area (Å²) < 4.78 is 0. The Morgan fingerprint density at radius 1 is 1.31 bits per heavy atom. The van der Waals surface area contributed by atoms with Crippen LogP contribution in [0.4, 0.5) is 0 Å². The van der Waals surface area contributed by atoms with E-state index in [9.17, 15) is 4.79 Å². The molecule has 2 nitrogen and oxygen atoms in total. The summed E-state index contributed by atoms with van der Waals surface area (Å²) in [7, 11) is 2.05. The van der Waals surface area contributed by atoms with E-state index in [1.54, 1.807) is 0 Å². The molecular weight excluding hydrogens is 198 g/mol. The molecule has 0 radical (unpaired) electrons. The molecule has 1 aromatic rings. The second kappa shape index (κ2) is 4.38. The third-order valence-corrected chi connectivity index (χ3v) is 3.45. The lowest BCUT2D eigenvalue weighted by Gasteiger charge is -2.23. The molecule has 0 aromatic heterocycles. The van der Waals surface area contributed by atoms with Gasteiger partial charge >= 0.3 is 0 Å². The maximum absolute atomic E-state index is 12.2. The van der Waals surface area contributed by atoms with Crippen LogP contribution in [0.5, 0.6) is 0 Å². The van der Waals surface area contributed by atoms with Gasteiger partial charge in [-0.15, -0.1) is 0 Å². The van der Waals surface area contributed by atoms with Crippen molar-refractivity contribution in [3.8, 4) is 0 Å². The van der Waals surface area contributed by atoms with Crippen LogP contribution in [-0.4, -0.2) is 29.8 Å². The predicted octanol–water partition coefficient (Wildman–Crippen LogP) is 2.66. The van der Waals surface area contributed by atoms with Gasteiger partial charge in [0.2, 0.25) is 0 Å². The summed E-state index contributed by atoms with van der Waals surface area (Å²) in [6, 6.07) is 8.47. The van der Waals surface area contributed by atoms with Crippen molar-refractivity contribution in [2.24, 2.45) is 0 Å². The van der Waals surface area contributed by atoms with E-state index < -0.39 is 0 Å². The highest BCUT2D eigenvalue weighted by Crippen LogP contribution is 2.27. The highest BCUT2D eigenvalue weighted by atomic mass is 16.1. The Labute approximate surface area is 97.3 Å². The molecule has 1 aromatic carbocycles. The van der Waals surface area contributed by atoms with E-state index >= 15 is 0 Å². The summed E-state index contributed by atoms with van der Waals surface area (Å²) in [6.45, 7) is 4.04. The number of carbonyl (C=O) groups excluding carboxylic acids is 1. The number of hydrogen-bond donors (Lipinski definition) is 0. The third kappa shape index (κ3) is 2.33. The highest BCUT2D eigenvalue weighted by molar-refractivity contribution is 5.99. The first-order valence-corrected chi connectivity index (χ1v) is 5.92. The van der Waals surface area contributed by atoms with Gasteiger partial charge in [0.05, 0.1) is 6.04 Å². The second-order valence-electron chi connectivity index (χ2n) is 4.80. The van der Waals surface area contributed by atoms with Crippen LogP contribution in [0.25, 0.3) is 0 Å². The van der Waals surface area contributed by atoms with Crippen molar-refractivity contribution in [3.63, 3.8) is 0 Å². The lowest BCUT2D eigenvalue weighted by Crippen LogP contribution is -2.37. The summed E-state index contributed by atoms with van der Waals surface area (Å²) in [5.41, 5.74) is 2.02. The molecule has 1 atom stereocenters. The van der Waals surface area contributed by atoms with Crippen LogP contribution in [0.15, 0.2) is 24.3 Å². The van der Waals surface area contributed by atoms with E-state index in [0.29, 0.717) is 6.04 Å². The fourth-order valence-electron chi connectivity index (χ4n) is 1.94. The van der Waals surface area contributed by atoms with Crippen molar-refractivity contribution >= 4 is 5.78 Å². The molecule has 1 unspecified atom stereocenters. The average Bonchev–Trinajstić information content (AvgIpc) is 3.11. The zero-order valence-electron chi connectivity index (χ0n) is 10.2. The predicted molar refractivity (Wildman–Crippen MR) is 65.8 cm³/mol. The van der Waals surface area contributed by atoms with Gasteiger partial charge in [0, 0.05) is 11.6 Å². The van der Waals surface area contributed by atoms with Crippen LogP contribution in [0, 0.1) is 6.92 Å². The Balaban J connectivity index is 2.08. The number of rotatable bonds is 4. The first kappa shape index (κ1) is 11.3. The lowest BCUT2D eigenvalue weighted by atomic mass is 10.0. The van der Waals surface area contributed by atoms with Gasteiger partial charge in [-0.2, -0.15) is 0 Å². The Morgan fingerprint density at radius 3 is 2.38 bits per heavy atom. The summed E-state index contributed by atoms with van der Waals surface area (Å²) >= 11 is 0. The van der Waals surface area contributed by atoms with Crippen LogP contribution < -0.4 is 0 Å². The first-order valence-electron chi connectivity index (χ1n) is 5.92. The second-order valence-corrected chi connectivity index (χ2v) is 4.80. The molecule has 2 rings (SSSR count). The fraction of sp³-hybridized carbons (Fsp3) is 0.500. The minimum atomic E-state index is -0.00444. The number of aryl methyl sites for hydroxylation is 1. The molecule has 2 heteroatoms. The van der Waals surface area contributed by atoms with Gasteiger partial charge in [-0.1, -0.05) is 29.8 Å². The summed E-state index contributed by atoms with van der Waals surface area (Å²) in [5, 5.41) is 0. The van der Waals surface area contributed by atoms with Crippen molar-refractivity contribution in [2.45, 2.75) is 38.8 Å². The van der Waals surface area contributed by atoms with E-state index in [1.807, 2.05) is 38.1 Å². The smallest absolute Gasteiger partial charge is 0.179 e. The average molecular weight is 217 g/mol. The number of likely N-dealkylation sites (N-methyl/N-ethyl adjacent to an activating group) is 1. The monoisotopic (exact) mass is 217 g/mol. The molecule has 0 heterocycles. The SMILES string of the molecule is Cc1ccc(C(=O)C(C)N(C)C2CC2)cc1. The lowest BCUT2D eigenvalue weighted by molar-refractivity contribution is 0.0861. The largest absolute Gasteiger partial charge is 0.294 e. The zero-order valence-corrected chi connectivity index (χ0v) is 10.2. The van der Waals surface area contributed by atoms with Gasteiger partial charge in [-0.25, -0.2) is 0 Å². The Hall–Kier alpha value is -1.15. The minimum absolute atomic E-state index is 0.00444. The molecule has 1 fully saturated rings. The number of hydrogen-bond acceptors (Lipinski definition) is 2. The van der Waals surface area contributed by atoms with Gasteiger partial charge in [0.1, 0.15) is 0 Å². The van der Waals surface area contributed by atoms with Crippen molar-refractivity contribution in [2.75, 3.05) is 7.05 Å². The third-order valence-electron chi connectivity index (χ3n) is 3.45. The molecule has 1 saturated carbocycles. The molecule has 0 aliphatic heterocycles. The van der Waals surface area contributed by atoms with Crippen LogP contribution in [-0.2, 0) is 0 Å². The van der Waals surface area contributed by atoms with Crippen molar-refractivity contribution in [3.05, 3.63) is 35.4 Å². The van der Waals surface area contributed by atoms with Crippen molar-refractivity contribution < 1.29 is 4.79 Å². The van der Waals surface area contributed by atoms with E-state index in [0.717, 1.165) is 5.56 Å². The Bertz CT molecular complexity index is 378. The van der Waals surface area contributed by atoms with Crippen molar-refractivity contribution in [1.29, 1.82) is 0 Å². The quantitative estimate of drug-likeness (QED) is 0.723. The first-order chi connectivity index (χ1) is 7.59. The zero-order chi connectivity index (χ0) is 11.7. The molecule has 1 aliphatic carbocycles. The maximum atomic E-state index is 12.2. The summed E-state index contributed by atoms with van der Waals surface area (Å²) in [6.07, 6.45) is 2.48. The highest BCUT2D eigenvalue weighted by Gasteiger charge is 2.32. The number of Topliss-reactive ketones (excluding diaryl/α,β-unsaturated/α-hetero) is 1. The van der Waals surface area contributed by atoms with Gasteiger partial charge in [0.15, 0.2) is 5.78 Å². The molecule has 86 valence electrons. The number of carbonyl (C=O) groups is 1. The van der Waals surface area contributed by atoms with E-state index in [-0.39, 0.29) is 11.8 Å². The molecular formula is C14H19NO. The van der Waals surface area contributed by atoms with Gasteiger partial charge < -0.3 is 0 Å². The van der Waals surface area contributed by atoms with Gasteiger partial charge in [0.25, 0.3) is 0 Å². The maximum Gasteiger partial charge on any atom is 0.179 e. The molecule has 0 bridgehead atoms. The molecule has 0 amide bonds. The molecule has 0 spiro atoms. The van der Waals surface area contributed by atoms with Crippen LogP contribution in [0.1, 0.15) is 35.7 Å². The minimum Gasteiger partial charge on any atom is -0.294 e. The topological polar surface area (TPSA) is 20.3 Å². The van der Waals surface area contributed by atoms with Crippen molar-refractivity contribution in [1.82, 2.24) is 4.90 Å². The summed E-state index contributed by atoms with van der Waals surface area (Å²) in [5.74, 6) is 0.231. The number of benzene rings is 1. The van der Waals surface area contributed by atoms with Gasteiger partial charge in [-0.05, 0) is 33.7 Å². The molecule has 16 heavy (non-hydrogen) atoms. The fourth-order valence-corrected chi connectivity index (χ4v) is 1.94.